The zero-order chi connectivity index (χ0) is 15.9. The summed E-state index contributed by atoms with van der Waals surface area (Å²) in [6.07, 6.45) is 0. The maximum Gasteiger partial charge on any atom is 0.119 e. The fourth-order valence-electron chi connectivity index (χ4n) is 2.41. The Morgan fingerprint density at radius 1 is 1.05 bits per heavy atom. The molecule has 0 aliphatic carbocycles. The van der Waals surface area contributed by atoms with Crippen LogP contribution in [0.2, 0.25) is 0 Å². The molecule has 0 heterocycles. The lowest BCUT2D eigenvalue weighted by Crippen LogP contribution is -2.23. The number of aryl methyl sites for hydroxylation is 2. The molecule has 0 aliphatic rings. The second kappa shape index (κ2) is 7.63. The van der Waals surface area contributed by atoms with E-state index in [1.54, 1.807) is 0 Å². The summed E-state index contributed by atoms with van der Waals surface area (Å²) in [6, 6.07) is 16.1. The van der Waals surface area contributed by atoms with Crippen molar-refractivity contribution in [2.45, 2.75) is 20.4 Å². The van der Waals surface area contributed by atoms with E-state index in [1.807, 2.05) is 24.3 Å². The third-order valence-corrected chi connectivity index (χ3v) is 3.47. The summed E-state index contributed by atoms with van der Waals surface area (Å²) in [5.74, 6) is 0.935. The first-order valence-corrected chi connectivity index (χ1v) is 7.45. The highest BCUT2D eigenvalue weighted by atomic mass is 16.5. The predicted molar refractivity (Wildman–Crippen MR) is 88.9 cm³/mol. The van der Waals surface area contributed by atoms with Crippen LogP contribution >= 0.6 is 0 Å². The third kappa shape index (κ3) is 4.91. The Morgan fingerprint density at radius 2 is 1.68 bits per heavy atom. The fraction of sp³-hybridized carbons (Fsp3) is 0.316. The SMILES string of the molecule is Cc1cc(C)cc(OCCN(C)Cc2ccc(C#N)cc2)c1. The van der Waals surface area contributed by atoms with Crippen molar-refractivity contribution in [1.82, 2.24) is 4.90 Å². The molecule has 0 N–H and O–H groups in total. The molecular weight excluding hydrogens is 272 g/mol. The normalized spacial score (nSPS) is 10.5. The summed E-state index contributed by atoms with van der Waals surface area (Å²) >= 11 is 0. The topological polar surface area (TPSA) is 36.3 Å². The Hall–Kier alpha value is -2.31. The number of ether oxygens (including phenoxy) is 1. The molecule has 0 fully saturated rings. The van der Waals surface area contributed by atoms with Crippen molar-refractivity contribution in [3.05, 3.63) is 64.7 Å². The van der Waals surface area contributed by atoms with Gasteiger partial charge in [0.15, 0.2) is 0 Å². The molecule has 3 heteroatoms. The maximum atomic E-state index is 8.80. The molecule has 2 aromatic carbocycles. The molecule has 0 amide bonds. The first kappa shape index (κ1) is 16.1. The molecular formula is C19H22N2O. The van der Waals surface area contributed by atoms with Gasteiger partial charge in [-0.3, -0.25) is 4.90 Å². The number of nitriles is 1. The Kier molecular flexibility index (Phi) is 5.57. The molecule has 0 spiro atoms. The van der Waals surface area contributed by atoms with Gasteiger partial charge in [0.25, 0.3) is 0 Å². The summed E-state index contributed by atoms with van der Waals surface area (Å²) in [7, 11) is 2.07. The molecule has 0 bridgehead atoms. The van der Waals surface area contributed by atoms with Crippen molar-refractivity contribution in [2.75, 3.05) is 20.2 Å². The van der Waals surface area contributed by atoms with Crippen LogP contribution in [0.5, 0.6) is 5.75 Å². The van der Waals surface area contributed by atoms with E-state index in [1.165, 1.54) is 16.7 Å². The van der Waals surface area contributed by atoms with E-state index in [4.69, 9.17) is 10.00 Å². The minimum absolute atomic E-state index is 0.662. The van der Waals surface area contributed by atoms with Crippen molar-refractivity contribution in [1.29, 1.82) is 5.26 Å². The number of benzene rings is 2. The van der Waals surface area contributed by atoms with Crippen molar-refractivity contribution in [3.63, 3.8) is 0 Å². The smallest absolute Gasteiger partial charge is 0.119 e. The zero-order valence-corrected chi connectivity index (χ0v) is 13.5. The quantitative estimate of drug-likeness (QED) is 0.815. The Balaban J connectivity index is 1.79. The van der Waals surface area contributed by atoms with Crippen LogP contribution in [0.1, 0.15) is 22.3 Å². The molecule has 0 aliphatic heterocycles. The summed E-state index contributed by atoms with van der Waals surface area (Å²) in [5, 5.41) is 8.80. The van der Waals surface area contributed by atoms with E-state index in [2.05, 4.69) is 50.1 Å². The minimum atomic E-state index is 0.662. The number of likely N-dealkylation sites (N-methyl/N-ethyl adjacent to an activating group) is 1. The van der Waals surface area contributed by atoms with E-state index in [0.717, 1.165) is 18.8 Å². The summed E-state index contributed by atoms with van der Waals surface area (Å²) in [5.41, 5.74) is 4.35. The number of hydrogen-bond acceptors (Lipinski definition) is 3. The number of rotatable bonds is 6. The first-order chi connectivity index (χ1) is 10.6. The van der Waals surface area contributed by atoms with E-state index in [0.29, 0.717) is 12.2 Å². The average Bonchev–Trinajstić information content (AvgIpc) is 2.47. The van der Waals surface area contributed by atoms with Gasteiger partial charge in [0.2, 0.25) is 0 Å². The maximum absolute atomic E-state index is 8.80. The van der Waals surface area contributed by atoms with Crippen LogP contribution in [0.3, 0.4) is 0 Å². The predicted octanol–water partition coefficient (Wildman–Crippen LogP) is 3.69. The molecule has 114 valence electrons. The van der Waals surface area contributed by atoms with Gasteiger partial charge in [-0.05, 0) is 61.9 Å². The van der Waals surface area contributed by atoms with E-state index in [-0.39, 0.29) is 0 Å². The highest BCUT2D eigenvalue weighted by molar-refractivity contribution is 5.33. The lowest BCUT2D eigenvalue weighted by atomic mass is 10.1. The van der Waals surface area contributed by atoms with E-state index in [9.17, 15) is 0 Å². The van der Waals surface area contributed by atoms with Crippen LogP contribution in [-0.2, 0) is 6.54 Å². The van der Waals surface area contributed by atoms with Gasteiger partial charge in [0, 0.05) is 13.1 Å². The average molecular weight is 294 g/mol. The highest BCUT2D eigenvalue weighted by Crippen LogP contribution is 2.16. The molecule has 22 heavy (non-hydrogen) atoms. The molecule has 2 aromatic rings. The molecule has 0 saturated heterocycles. The van der Waals surface area contributed by atoms with Gasteiger partial charge < -0.3 is 4.74 Å². The molecule has 2 rings (SSSR count). The van der Waals surface area contributed by atoms with Gasteiger partial charge in [-0.15, -0.1) is 0 Å². The standard InChI is InChI=1S/C19H22N2O/c1-15-10-16(2)12-19(11-15)22-9-8-21(3)14-18-6-4-17(13-20)5-7-18/h4-7,10-12H,8-9,14H2,1-3H3. The van der Waals surface area contributed by atoms with Gasteiger partial charge in [-0.2, -0.15) is 5.26 Å². The van der Waals surface area contributed by atoms with Crippen LogP contribution < -0.4 is 4.74 Å². The molecule has 0 atom stereocenters. The second-order valence-electron chi connectivity index (χ2n) is 5.72. The Bertz CT molecular complexity index is 636. The third-order valence-electron chi connectivity index (χ3n) is 3.47. The van der Waals surface area contributed by atoms with E-state index < -0.39 is 0 Å². The van der Waals surface area contributed by atoms with Gasteiger partial charge in [0.05, 0.1) is 11.6 Å². The monoisotopic (exact) mass is 294 g/mol. The second-order valence-corrected chi connectivity index (χ2v) is 5.72. The summed E-state index contributed by atoms with van der Waals surface area (Å²) < 4.78 is 5.83. The number of nitrogens with zero attached hydrogens (tertiary/aromatic N) is 2. The molecule has 0 unspecified atom stereocenters. The summed E-state index contributed by atoms with van der Waals surface area (Å²) in [6.45, 7) is 6.53. The van der Waals surface area contributed by atoms with Crippen molar-refractivity contribution >= 4 is 0 Å². The van der Waals surface area contributed by atoms with Crippen molar-refractivity contribution in [3.8, 4) is 11.8 Å². The zero-order valence-electron chi connectivity index (χ0n) is 13.5. The summed E-state index contributed by atoms with van der Waals surface area (Å²) in [4.78, 5) is 2.21. The first-order valence-electron chi connectivity index (χ1n) is 7.45. The molecule has 3 nitrogen and oxygen atoms in total. The fourth-order valence-corrected chi connectivity index (χ4v) is 2.41. The number of hydrogen-bond donors (Lipinski definition) is 0. The van der Waals surface area contributed by atoms with Crippen LogP contribution in [0.4, 0.5) is 0 Å². The van der Waals surface area contributed by atoms with Crippen molar-refractivity contribution < 1.29 is 4.74 Å². The van der Waals surface area contributed by atoms with Gasteiger partial charge in [-0.1, -0.05) is 18.2 Å². The van der Waals surface area contributed by atoms with E-state index >= 15 is 0 Å². The highest BCUT2D eigenvalue weighted by Gasteiger charge is 2.02. The van der Waals surface area contributed by atoms with Crippen LogP contribution in [0.25, 0.3) is 0 Å². The van der Waals surface area contributed by atoms with Crippen molar-refractivity contribution in [2.24, 2.45) is 0 Å². The largest absolute Gasteiger partial charge is 0.492 e. The lowest BCUT2D eigenvalue weighted by molar-refractivity contribution is 0.232. The Morgan fingerprint density at radius 3 is 2.27 bits per heavy atom. The molecule has 0 saturated carbocycles. The van der Waals surface area contributed by atoms with Gasteiger partial charge in [0.1, 0.15) is 12.4 Å². The Labute approximate surface area is 132 Å². The van der Waals surface area contributed by atoms with Crippen LogP contribution in [0, 0.1) is 25.2 Å². The minimum Gasteiger partial charge on any atom is -0.492 e. The van der Waals surface area contributed by atoms with Gasteiger partial charge >= 0.3 is 0 Å². The van der Waals surface area contributed by atoms with Gasteiger partial charge in [-0.25, -0.2) is 0 Å². The lowest BCUT2D eigenvalue weighted by Gasteiger charge is -2.17. The van der Waals surface area contributed by atoms with Crippen LogP contribution in [0.15, 0.2) is 42.5 Å². The molecule has 0 radical (unpaired) electrons. The molecule has 0 aromatic heterocycles. The van der Waals surface area contributed by atoms with Crippen LogP contribution in [-0.4, -0.2) is 25.1 Å².